The second kappa shape index (κ2) is 10.6. The van der Waals surface area contributed by atoms with E-state index >= 15 is 0 Å². The maximum absolute atomic E-state index is 13.8. The van der Waals surface area contributed by atoms with Gasteiger partial charge in [-0.2, -0.15) is 0 Å². The zero-order valence-electron chi connectivity index (χ0n) is 22.1. The number of rotatable bonds is 8. The fourth-order valence-electron chi connectivity index (χ4n) is 5.20. The van der Waals surface area contributed by atoms with Gasteiger partial charge in [-0.3, -0.25) is 9.59 Å². The molecule has 0 radical (unpaired) electrons. The minimum atomic E-state index is -0.636. The predicted molar refractivity (Wildman–Crippen MR) is 152 cm³/mol. The third-order valence-electron chi connectivity index (χ3n) is 7.12. The highest BCUT2D eigenvalue weighted by molar-refractivity contribution is 5.99. The number of methoxy groups -OCH3 is 2. The molecule has 0 fully saturated rings. The van der Waals surface area contributed by atoms with E-state index in [4.69, 9.17) is 18.6 Å². The summed E-state index contributed by atoms with van der Waals surface area (Å²) >= 11 is 0. The zero-order valence-corrected chi connectivity index (χ0v) is 22.1. The Morgan fingerprint density at radius 3 is 2.33 bits per heavy atom. The molecule has 0 saturated heterocycles. The van der Waals surface area contributed by atoms with Gasteiger partial charge in [0.25, 0.3) is 5.91 Å². The smallest absolute Gasteiger partial charge is 0.290 e. The lowest BCUT2D eigenvalue weighted by atomic mass is 9.98. The van der Waals surface area contributed by atoms with Gasteiger partial charge in [0, 0.05) is 6.54 Å². The normalized spacial score (nSPS) is 14.3. The molecule has 5 aromatic rings. The molecule has 1 amide bonds. The van der Waals surface area contributed by atoms with Crippen LogP contribution in [-0.2, 0) is 6.42 Å². The number of hydrogen-bond donors (Lipinski definition) is 0. The van der Waals surface area contributed by atoms with Gasteiger partial charge in [0.2, 0.25) is 5.76 Å². The van der Waals surface area contributed by atoms with Crippen LogP contribution >= 0.6 is 0 Å². The van der Waals surface area contributed by atoms with Crippen molar-refractivity contribution >= 4 is 16.9 Å². The Morgan fingerprint density at radius 2 is 1.52 bits per heavy atom. The molecule has 7 nitrogen and oxygen atoms in total. The predicted octanol–water partition coefficient (Wildman–Crippen LogP) is 6.39. The van der Waals surface area contributed by atoms with Gasteiger partial charge in [0.15, 0.2) is 16.9 Å². The van der Waals surface area contributed by atoms with E-state index in [2.05, 4.69) is 0 Å². The fraction of sp³-hybridized carbons (Fsp3) is 0.152. The third-order valence-corrected chi connectivity index (χ3v) is 7.12. The van der Waals surface area contributed by atoms with Crippen LogP contribution in [0.1, 0.15) is 33.3 Å². The molecule has 7 heteroatoms. The highest BCUT2D eigenvalue weighted by atomic mass is 16.5. The van der Waals surface area contributed by atoms with E-state index in [0.29, 0.717) is 52.5 Å². The van der Waals surface area contributed by atoms with E-state index in [-0.39, 0.29) is 17.1 Å². The maximum atomic E-state index is 13.8. The number of benzene rings is 4. The topological polar surface area (TPSA) is 78.2 Å². The van der Waals surface area contributed by atoms with Crippen LogP contribution < -0.4 is 19.6 Å². The van der Waals surface area contributed by atoms with Crippen molar-refractivity contribution in [3.8, 4) is 23.0 Å². The van der Waals surface area contributed by atoms with Crippen LogP contribution in [0, 0.1) is 0 Å². The van der Waals surface area contributed by atoms with Crippen LogP contribution in [0.3, 0.4) is 0 Å². The minimum absolute atomic E-state index is 0.0791. The number of nitrogens with zero attached hydrogens (tertiary/aromatic N) is 1. The summed E-state index contributed by atoms with van der Waals surface area (Å²) in [7, 11) is 3.18. The van der Waals surface area contributed by atoms with Gasteiger partial charge >= 0.3 is 0 Å². The van der Waals surface area contributed by atoms with E-state index in [1.54, 1.807) is 43.4 Å². The second-order valence-electron chi connectivity index (χ2n) is 9.50. The molecule has 0 aliphatic carbocycles. The molecular formula is C33H27NO6. The molecule has 2 heterocycles. The number of fused-ring (bicyclic) bond motifs is 2. The Morgan fingerprint density at radius 1 is 0.775 bits per heavy atom. The Hall–Kier alpha value is -5.04. The van der Waals surface area contributed by atoms with Gasteiger partial charge in [-0.1, -0.05) is 48.5 Å². The Kier molecular flexibility index (Phi) is 6.70. The minimum Gasteiger partial charge on any atom is -0.493 e. The number of para-hydroxylation sites is 2. The molecule has 200 valence electrons. The molecule has 0 spiro atoms. The van der Waals surface area contributed by atoms with E-state index in [9.17, 15) is 9.59 Å². The highest BCUT2D eigenvalue weighted by Gasteiger charge is 2.42. The number of amides is 1. The first kappa shape index (κ1) is 25.2. The van der Waals surface area contributed by atoms with Gasteiger partial charge in [-0.25, -0.2) is 0 Å². The monoisotopic (exact) mass is 533 g/mol. The highest BCUT2D eigenvalue weighted by Crippen LogP contribution is 2.40. The molecule has 40 heavy (non-hydrogen) atoms. The summed E-state index contributed by atoms with van der Waals surface area (Å²) in [6.07, 6.45) is 0.532. The Labute approximate surface area is 231 Å². The molecule has 0 N–H and O–H groups in total. The number of carbonyl (C=O) groups is 1. The summed E-state index contributed by atoms with van der Waals surface area (Å²) in [5.74, 6) is 2.30. The van der Waals surface area contributed by atoms with Crippen molar-refractivity contribution in [1.29, 1.82) is 0 Å². The van der Waals surface area contributed by atoms with Gasteiger partial charge in [-0.05, 0) is 66.1 Å². The van der Waals surface area contributed by atoms with E-state index in [1.165, 1.54) is 0 Å². The number of ether oxygens (including phenoxy) is 3. The average molecular weight is 534 g/mol. The molecule has 4 aromatic carbocycles. The summed E-state index contributed by atoms with van der Waals surface area (Å²) in [6.45, 7) is 0.350. The SMILES string of the molecule is COc1ccc(CCN2C(=O)c3oc4ccccc4c(=O)c3C2c2cccc(Oc3ccccc3)c2)cc1OC. The van der Waals surface area contributed by atoms with Crippen LogP contribution in [0.2, 0.25) is 0 Å². The van der Waals surface area contributed by atoms with Gasteiger partial charge < -0.3 is 23.5 Å². The summed E-state index contributed by atoms with van der Waals surface area (Å²) in [5, 5.41) is 0.442. The van der Waals surface area contributed by atoms with Crippen LogP contribution in [0.15, 0.2) is 106 Å². The molecule has 0 saturated carbocycles. The first-order chi connectivity index (χ1) is 19.6. The summed E-state index contributed by atoms with van der Waals surface area (Å²) < 4.78 is 23.0. The first-order valence-electron chi connectivity index (χ1n) is 13.0. The molecular weight excluding hydrogens is 506 g/mol. The average Bonchev–Trinajstić information content (AvgIpc) is 3.28. The molecule has 1 aliphatic rings. The molecule has 0 bridgehead atoms. The van der Waals surface area contributed by atoms with Crippen molar-refractivity contribution in [1.82, 2.24) is 4.90 Å². The summed E-state index contributed by atoms with van der Waals surface area (Å²) in [5.41, 5.74) is 2.24. The van der Waals surface area contributed by atoms with Crippen molar-refractivity contribution in [2.45, 2.75) is 12.5 Å². The Balaban J connectivity index is 1.41. The summed E-state index contributed by atoms with van der Waals surface area (Å²) in [4.78, 5) is 29.3. The number of hydrogen-bond acceptors (Lipinski definition) is 6. The quantitative estimate of drug-likeness (QED) is 0.230. The lowest BCUT2D eigenvalue weighted by Gasteiger charge is -2.25. The van der Waals surface area contributed by atoms with Crippen LogP contribution in [-0.4, -0.2) is 31.6 Å². The van der Waals surface area contributed by atoms with E-state index in [0.717, 1.165) is 11.1 Å². The maximum Gasteiger partial charge on any atom is 0.290 e. The fourth-order valence-corrected chi connectivity index (χ4v) is 5.20. The third kappa shape index (κ3) is 4.56. The molecule has 1 aromatic heterocycles. The van der Waals surface area contributed by atoms with Crippen LogP contribution in [0.5, 0.6) is 23.0 Å². The van der Waals surface area contributed by atoms with Crippen molar-refractivity contribution in [2.75, 3.05) is 20.8 Å². The zero-order chi connectivity index (χ0) is 27.6. The lowest BCUT2D eigenvalue weighted by molar-refractivity contribution is 0.0730. The van der Waals surface area contributed by atoms with Crippen molar-refractivity contribution < 1.29 is 23.4 Å². The van der Waals surface area contributed by atoms with Crippen LogP contribution in [0.4, 0.5) is 0 Å². The largest absolute Gasteiger partial charge is 0.493 e. The van der Waals surface area contributed by atoms with Crippen molar-refractivity contribution in [3.05, 3.63) is 130 Å². The lowest BCUT2D eigenvalue weighted by Crippen LogP contribution is -2.31. The van der Waals surface area contributed by atoms with Gasteiger partial charge in [0.1, 0.15) is 17.1 Å². The summed E-state index contributed by atoms with van der Waals surface area (Å²) in [6, 6.07) is 29.0. The molecule has 1 aliphatic heterocycles. The molecule has 1 unspecified atom stereocenters. The second-order valence-corrected chi connectivity index (χ2v) is 9.50. The first-order valence-corrected chi connectivity index (χ1v) is 13.0. The molecule has 1 atom stereocenters. The van der Waals surface area contributed by atoms with Crippen molar-refractivity contribution in [3.63, 3.8) is 0 Å². The van der Waals surface area contributed by atoms with Crippen molar-refractivity contribution in [2.24, 2.45) is 0 Å². The van der Waals surface area contributed by atoms with E-state index in [1.807, 2.05) is 72.8 Å². The number of carbonyl (C=O) groups excluding carboxylic acids is 1. The Bertz CT molecular complexity index is 1760. The molecule has 6 rings (SSSR count). The van der Waals surface area contributed by atoms with Gasteiger partial charge in [-0.15, -0.1) is 0 Å². The van der Waals surface area contributed by atoms with E-state index < -0.39 is 6.04 Å². The van der Waals surface area contributed by atoms with Gasteiger partial charge in [0.05, 0.1) is 31.2 Å². The standard InChI is InChI=1S/C33H27NO6/c1-37-27-16-15-21(19-28(27)38-2)17-18-34-30(22-9-8-12-24(20-22)39-23-10-4-3-5-11-23)29-31(35)25-13-6-7-14-26(25)40-32(29)33(34)36/h3-16,19-20,30H,17-18H2,1-2H3. The van der Waals surface area contributed by atoms with Crippen LogP contribution in [0.25, 0.3) is 11.0 Å².